The summed E-state index contributed by atoms with van der Waals surface area (Å²) < 4.78 is 0. The molecule has 3 heterocycles. The number of hydrogen-bond donors (Lipinski definition) is 3. The summed E-state index contributed by atoms with van der Waals surface area (Å²) >= 11 is 0. The standard InChI is InChI=1S/C31H31N5O3/c32-29(37)27-21-34-26(19-28(27)35-20-22-5-2-1-3-6-22)18-23-7-4-8-24(17-23)30(38)36-15-11-31(39,12-16-36)25-9-13-33-14-10-25/h1-10,13-14,17,19,21,39H,11-12,15-16,18,20H2,(H2,32,37)(H,34,35). The van der Waals surface area contributed by atoms with Gasteiger partial charge in [0.05, 0.1) is 16.9 Å². The Hall–Kier alpha value is -4.56. The Morgan fingerprint density at radius 2 is 1.67 bits per heavy atom. The van der Waals surface area contributed by atoms with Gasteiger partial charge in [0.2, 0.25) is 0 Å². The van der Waals surface area contributed by atoms with Crippen molar-refractivity contribution in [2.45, 2.75) is 31.4 Å². The average molecular weight is 522 g/mol. The monoisotopic (exact) mass is 521 g/mol. The number of primary amides is 1. The summed E-state index contributed by atoms with van der Waals surface area (Å²) in [4.78, 5) is 35.5. The minimum Gasteiger partial charge on any atom is -0.385 e. The molecule has 0 atom stereocenters. The molecule has 8 heteroatoms. The number of amides is 2. The molecule has 2 amide bonds. The summed E-state index contributed by atoms with van der Waals surface area (Å²) in [6.45, 7) is 1.48. The third-order valence-corrected chi connectivity index (χ3v) is 7.21. The SMILES string of the molecule is NC(=O)c1cnc(Cc2cccc(C(=O)N3CCC(O)(c4ccncc4)CC3)c2)cc1NCc1ccccc1. The zero-order valence-electron chi connectivity index (χ0n) is 21.6. The van der Waals surface area contributed by atoms with Gasteiger partial charge in [-0.1, -0.05) is 42.5 Å². The Morgan fingerprint density at radius 1 is 0.949 bits per heavy atom. The highest BCUT2D eigenvalue weighted by molar-refractivity contribution is 5.98. The van der Waals surface area contributed by atoms with Crippen LogP contribution >= 0.6 is 0 Å². The van der Waals surface area contributed by atoms with Gasteiger partial charge in [0, 0.05) is 55.9 Å². The first-order valence-electron chi connectivity index (χ1n) is 13.0. The Kier molecular flexibility index (Phi) is 7.65. The highest BCUT2D eigenvalue weighted by atomic mass is 16.3. The normalized spacial score (nSPS) is 14.5. The van der Waals surface area contributed by atoms with Gasteiger partial charge in [-0.3, -0.25) is 19.6 Å². The lowest BCUT2D eigenvalue weighted by molar-refractivity contribution is -0.0212. The molecule has 198 valence electrons. The molecule has 0 unspecified atom stereocenters. The largest absolute Gasteiger partial charge is 0.385 e. The quantitative estimate of drug-likeness (QED) is 0.323. The Bertz CT molecular complexity index is 1450. The fourth-order valence-corrected chi connectivity index (χ4v) is 4.97. The van der Waals surface area contributed by atoms with E-state index in [1.54, 1.807) is 17.3 Å². The van der Waals surface area contributed by atoms with Crippen molar-refractivity contribution in [3.8, 4) is 0 Å². The van der Waals surface area contributed by atoms with Crippen molar-refractivity contribution in [3.63, 3.8) is 0 Å². The third-order valence-electron chi connectivity index (χ3n) is 7.21. The Balaban J connectivity index is 1.27. The summed E-state index contributed by atoms with van der Waals surface area (Å²) in [7, 11) is 0. The lowest BCUT2D eigenvalue weighted by Gasteiger charge is -2.38. The number of anilines is 1. The zero-order chi connectivity index (χ0) is 27.2. The van der Waals surface area contributed by atoms with Gasteiger partial charge in [0.1, 0.15) is 0 Å². The number of likely N-dealkylation sites (tertiary alicyclic amines) is 1. The van der Waals surface area contributed by atoms with Gasteiger partial charge >= 0.3 is 0 Å². The molecule has 2 aromatic carbocycles. The van der Waals surface area contributed by atoms with Gasteiger partial charge < -0.3 is 21.1 Å². The molecule has 1 aliphatic rings. The number of aromatic nitrogens is 2. The minimum atomic E-state index is -0.948. The number of pyridine rings is 2. The number of piperidine rings is 1. The smallest absolute Gasteiger partial charge is 0.253 e. The van der Waals surface area contributed by atoms with Crippen LogP contribution in [0, 0.1) is 0 Å². The van der Waals surface area contributed by atoms with Crippen molar-refractivity contribution in [1.82, 2.24) is 14.9 Å². The topological polar surface area (TPSA) is 121 Å². The molecule has 8 nitrogen and oxygen atoms in total. The number of carbonyl (C=O) groups is 2. The van der Waals surface area contributed by atoms with Crippen molar-refractivity contribution in [3.05, 3.63) is 125 Å². The number of aliphatic hydroxyl groups is 1. The molecule has 4 N–H and O–H groups in total. The van der Waals surface area contributed by atoms with E-state index in [-0.39, 0.29) is 5.91 Å². The molecule has 0 aliphatic carbocycles. The van der Waals surface area contributed by atoms with E-state index in [0.717, 1.165) is 22.4 Å². The number of nitrogens with one attached hydrogen (secondary N) is 1. The van der Waals surface area contributed by atoms with E-state index in [9.17, 15) is 14.7 Å². The number of nitrogens with two attached hydrogens (primary N) is 1. The summed E-state index contributed by atoms with van der Waals surface area (Å²) in [5, 5.41) is 14.4. The predicted octanol–water partition coefficient (Wildman–Crippen LogP) is 3.90. The highest BCUT2D eigenvalue weighted by Gasteiger charge is 2.35. The van der Waals surface area contributed by atoms with Crippen molar-refractivity contribution in [1.29, 1.82) is 0 Å². The molecule has 4 aromatic rings. The van der Waals surface area contributed by atoms with E-state index >= 15 is 0 Å². The van der Waals surface area contributed by atoms with Gasteiger partial charge in [0.25, 0.3) is 11.8 Å². The average Bonchev–Trinajstić information content (AvgIpc) is 2.97. The maximum Gasteiger partial charge on any atom is 0.253 e. The first kappa shape index (κ1) is 26.1. The van der Waals surface area contributed by atoms with E-state index in [4.69, 9.17) is 5.73 Å². The van der Waals surface area contributed by atoms with Crippen LogP contribution in [-0.2, 0) is 18.6 Å². The van der Waals surface area contributed by atoms with Gasteiger partial charge in [-0.15, -0.1) is 0 Å². The fourth-order valence-electron chi connectivity index (χ4n) is 4.97. The predicted molar refractivity (Wildman–Crippen MR) is 149 cm³/mol. The van der Waals surface area contributed by atoms with Crippen molar-refractivity contribution in [2.75, 3.05) is 18.4 Å². The lowest BCUT2D eigenvalue weighted by atomic mass is 9.85. The van der Waals surface area contributed by atoms with Crippen LogP contribution < -0.4 is 11.1 Å². The van der Waals surface area contributed by atoms with Gasteiger partial charge in [-0.05, 0) is 59.9 Å². The summed E-state index contributed by atoms with van der Waals surface area (Å²) in [6.07, 6.45) is 6.28. The van der Waals surface area contributed by atoms with Crippen LogP contribution in [0.5, 0.6) is 0 Å². The number of benzene rings is 2. The van der Waals surface area contributed by atoms with Gasteiger partial charge in [-0.25, -0.2) is 0 Å². The Morgan fingerprint density at radius 3 is 2.38 bits per heavy atom. The molecule has 1 fully saturated rings. The maximum absolute atomic E-state index is 13.3. The van der Waals surface area contributed by atoms with Crippen LogP contribution in [0.15, 0.2) is 91.4 Å². The van der Waals surface area contributed by atoms with E-state index in [1.807, 2.05) is 72.8 Å². The lowest BCUT2D eigenvalue weighted by Crippen LogP contribution is -2.45. The van der Waals surface area contributed by atoms with Crippen LogP contribution in [0.3, 0.4) is 0 Å². The number of nitrogens with zero attached hydrogens (tertiary/aromatic N) is 3. The highest BCUT2D eigenvalue weighted by Crippen LogP contribution is 2.33. The van der Waals surface area contributed by atoms with Crippen molar-refractivity contribution in [2.24, 2.45) is 5.73 Å². The second-order valence-corrected chi connectivity index (χ2v) is 9.86. The number of rotatable bonds is 8. The maximum atomic E-state index is 13.3. The Labute approximate surface area is 227 Å². The van der Waals surface area contributed by atoms with E-state index in [2.05, 4.69) is 15.3 Å². The van der Waals surface area contributed by atoms with Gasteiger partial charge in [-0.2, -0.15) is 0 Å². The molecule has 0 saturated carbocycles. The van der Waals surface area contributed by atoms with Crippen molar-refractivity contribution < 1.29 is 14.7 Å². The van der Waals surface area contributed by atoms with E-state index in [0.29, 0.717) is 55.7 Å². The minimum absolute atomic E-state index is 0.0594. The van der Waals surface area contributed by atoms with E-state index < -0.39 is 11.5 Å². The van der Waals surface area contributed by atoms with Crippen LogP contribution in [0.1, 0.15) is 55.9 Å². The second-order valence-electron chi connectivity index (χ2n) is 9.86. The number of hydrogen-bond acceptors (Lipinski definition) is 6. The van der Waals surface area contributed by atoms with E-state index in [1.165, 1.54) is 6.20 Å². The fraction of sp³-hybridized carbons (Fsp3) is 0.226. The van der Waals surface area contributed by atoms with Crippen LogP contribution in [-0.4, -0.2) is 44.9 Å². The summed E-state index contributed by atoms with van der Waals surface area (Å²) in [5.74, 6) is -0.606. The molecular formula is C31H31N5O3. The third kappa shape index (κ3) is 6.13. The van der Waals surface area contributed by atoms with Crippen LogP contribution in [0.25, 0.3) is 0 Å². The molecule has 0 radical (unpaired) electrons. The summed E-state index contributed by atoms with van der Waals surface area (Å²) in [5.41, 5.74) is 9.77. The first-order chi connectivity index (χ1) is 18.9. The molecule has 0 bridgehead atoms. The number of carbonyl (C=O) groups excluding carboxylic acids is 2. The molecule has 5 rings (SSSR count). The molecular weight excluding hydrogens is 490 g/mol. The molecule has 1 saturated heterocycles. The zero-order valence-corrected chi connectivity index (χ0v) is 21.6. The van der Waals surface area contributed by atoms with Crippen molar-refractivity contribution >= 4 is 17.5 Å². The van der Waals surface area contributed by atoms with Crippen LogP contribution in [0.4, 0.5) is 5.69 Å². The molecule has 2 aromatic heterocycles. The summed E-state index contributed by atoms with van der Waals surface area (Å²) in [6, 6.07) is 22.9. The second kappa shape index (κ2) is 11.4. The van der Waals surface area contributed by atoms with Gasteiger partial charge in [0.15, 0.2) is 0 Å². The van der Waals surface area contributed by atoms with Crippen LogP contribution in [0.2, 0.25) is 0 Å². The molecule has 1 aliphatic heterocycles. The first-order valence-corrected chi connectivity index (χ1v) is 13.0. The molecule has 0 spiro atoms. The molecule has 39 heavy (non-hydrogen) atoms.